The fourth-order valence-electron chi connectivity index (χ4n) is 2.81. The normalized spacial score (nSPS) is 14.2. The number of aromatic nitrogens is 1. The van der Waals surface area contributed by atoms with Crippen molar-refractivity contribution in [1.29, 1.82) is 0 Å². The number of anilines is 1. The minimum Gasteiger partial charge on any atom is -0.351 e. The molecule has 2 heterocycles. The molecule has 1 aromatic heterocycles. The molecule has 0 atom stereocenters. The van der Waals surface area contributed by atoms with Gasteiger partial charge in [-0.15, -0.1) is 0 Å². The van der Waals surface area contributed by atoms with E-state index in [1.165, 1.54) is 0 Å². The first kappa shape index (κ1) is 12.8. The van der Waals surface area contributed by atoms with Gasteiger partial charge >= 0.3 is 0 Å². The minimum atomic E-state index is -0.105. The van der Waals surface area contributed by atoms with Crippen LogP contribution in [0, 0.1) is 6.92 Å². The molecule has 1 aliphatic rings. The van der Waals surface area contributed by atoms with E-state index in [4.69, 9.17) is 0 Å². The number of nitrogens with one attached hydrogen (secondary N) is 2. The lowest BCUT2D eigenvalue weighted by atomic mass is 10.0. The van der Waals surface area contributed by atoms with Crippen LogP contribution in [0.5, 0.6) is 0 Å². The highest BCUT2D eigenvalue weighted by Gasteiger charge is 2.22. The number of para-hydroxylation sites is 1. The zero-order valence-corrected chi connectivity index (χ0v) is 11.9. The summed E-state index contributed by atoms with van der Waals surface area (Å²) in [5.41, 5.74) is 5.28. The van der Waals surface area contributed by atoms with E-state index in [2.05, 4.69) is 22.2 Å². The van der Waals surface area contributed by atoms with Crippen LogP contribution in [0.1, 0.15) is 16.8 Å². The fourth-order valence-corrected chi connectivity index (χ4v) is 2.81. The zero-order valence-electron chi connectivity index (χ0n) is 11.9. The van der Waals surface area contributed by atoms with E-state index >= 15 is 0 Å². The predicted molar refractivity (Wildman–Crippen MR) is 88.3 cm³/mol. The quantitative estimate of drug-likeness (QED) is 0.710. The maximum atomic E-state index is 12.0. The highest BCUT2D eigenvalue weighted by molar-refractivity contribution is 6.22. The summed E-state index contributed by atoms with van der Waals surface area (Å²) < 4.78 is 0. The van der Waals surface area contributed by atoms with Crippen LogP contribution in [0.2, 0.25) is 0 Å². The first-order valence-corrected chi connectivity index (χ1v) is 7.10. The maximum absolute atomic E-state index is 12.0. The van der Waals surface area contributed by atoms with E-state index in [1.807, 2.05) is 48.5 Å². The number of carbonyl (C=O) groups is 1. The molecule has 22 heavy (non-hydrogen) atoms. The van der Waals surface area contributed by atoms with Gasteiger partial charge in [-0.1, -0.05) is 36.4 Å². The molecule has 1 aliphatic heterocycles. The number of rotatable bonds is 1. The molecule has 4 rings (SSSR count). The van der Waals surface area contributed by atoms with Gasteiger partial charge in [0, 0.05) is 16.5 Å². The van der Waals surface area contributed by atoms with Crippen molar-refractivity contribution in [2.24, 2.45) is 4.99 Å². The van der Waals surface area contributed by atoms with Gasteiger partial charge in [0.15, 0.2) is 0 Å². The first-order chi connectivity index (χ1) is 10.7. The SMILES string of the molecule is [CH2]c1cccc(C2=NCC(=O)Nc3c2[nH]c2ccccc32)c1. The molecule has 0 unspecified atom stereocenters. The number of nitrogens with zero attached hydrogens (tertiary/aromatic N) is 1. The minimum absolute atomic E-state index is 0.105. The van der Waals surface area contributed by atoms with Crippen LogP contribution in [0.25, 0.3) is 10.9 Å². The Labute approximate surface area is 127 Å². The molecule has 0 saturated carbocycles. The number of benzene rings is 2. The Morgan fingerprint density at radius 1 is 1.09 bits per heavy atom. The Hall–Kier alpha value is -2.88. The van der Waals surface area contributed by atoms with Crippen molar-refractivity contribution < 1.29 is 4.79 Å². The number of hydrogen-bond acceptors (Lipinski definition) is 2. The molecule has 2 N–H and O–H groups in total. The van der Waals surface area contributed by atoms with Gasteiger partial charge in [0.25, 0.3) is 0 Å². The number of aliphatic imine (C=N–C) groups is 1. The second kappa shape index (κ2) is 4.84. The van der Waals surface area contributed by atoms with Crippen molar-refractivity contribution in [2.75, 3.05) is 11.9 Å². The summed E-state index contributed by atoms with van der Waals surface area (Å²) in [6, 6.07) is 15.8. The highest BCUT2D eigenvalue weighted by atomic mass is 16.1. The number of amides is 1. The molecule has 0 bridgehead atoms. The van der Waals surface area contributed by atoms with Crippen LogP contribution in [0.15, 0.2) is 53.5 Å². The molecule has 1 amide bonds. The molecule has 4 nitrogen and oxygen atoms in total. The largest absolute Gasteiger partial charge is 0.351 e. The molecule has 0 aliphatic carbocycles. The second-order valence-corrected chi connectivity index (χ2v) is 5.33. The van der Waals surface area contributed by atoms with Gasteiger partial charge in [0.2, 0.25) is 5.91 Å². The smallest absolute Gasteiger partial charge is 0.246 e. The first-order valence-electron chi connectivity index (χ1n) is 7.10. The Kier molecular flexibility index (Phi) is 2.82. The fraction of sp³-hybridized carbons (Fsp3) is 0.0556. The van der Waals surface area contributed by atoms with E-state index in [0.29, 0.717) is 0 Å². The summed E-state index contributed by atoms with van der Waals surface area (Å²) in [7, 11) is 0. The molecule has 0 spiro atoms. The molecule has 0 fully saturated rings. The summed E-state index contributed by atoms with van der Waals surface area (Å²) in [5, 5.41) is 3.95. The van der Waals surface area contributed by atoms with Crippen LogP contribution in [-0.2, 0) is 4.79 Å². The Morgan fingerprint density at radius 3 is 2.82 bits per heavy atom. The average molecular weight is 288 g/mol. The lowest BCUT2D eigenvalue weighted by Gasteiger charge is -2.06. The lowest BCUT2D eigenvalue weighted by molar-refractivity contribution is -0.114. The van der Waals surface area contributed by atoms with E-state index in [9.17, 15) is 4.79 Å². The van der Waals surface area contributed by atoms with Gasteiger partial charge < -0.3 is 10.3 Å². The van der Waals surface area contributed by atoms with E-state index in [1.54, 1.807) is 0 Å². The topological polar surface area (TPSA) is 57.2 Å². The standard InChI is InChI=1S/C18H14N3O/c1-11-5-4-6-12(9-11)16-18-17(21-15(22)10-19-16)13-7-2-3-8-14(13)20-18/h2-9,20H,1,10H2,(H,21,22). The molecule has 2 aromatic carbocycles. The molecule has 1 radical (unpaired) electrons. The van der Waals surface area contributed by atoms with Crippen LogP contribution in [-0.4, -0.2) is 23.1 Å². The molecule has 107 valence electrons. The summed E-state index contributed by atoms with van der Waals surface area (Å²) in [4.78, 5) is 19.9. The van der Waals surface area contributed by atoms with Gasteiger partial charge in [-0.2, -0.15) is 0 Å². The van der Waals surface area contributed by atoms with Gasteiger partial charge in [-0.25, -0.2) is 0 Å². The van der Waals surface area contributed by atoms with Crippen molar-refractivity contribution in [2.45, 2.75) is 0 Å². The Morgan fingerprint density at radius 2 is 1.95 bits per heavy atom. The molecule has 4 heteroatoms. The molecule has 0 saturated heterocycles. The molecule has 3 aromatic rings. The monoisotopic (exact) mass is 288 g/mol. The van der Waals surface area contributed by atoms with E-state index in [0.717, 1.165) is 39.1 Å². The van der Waals surface area contributed by atoms with Crippen LogP contribution in [0.4, 0.5) is 5.69 Å². The Bertz CT molecular complexity index is 921. The van der Waals surface area contributed by atoms with Crippen LogP contribution in [0.3, 0.4) is 0 Å². The van der Waals surface area contributed by atoms with Crippen molar-refractivity contribution in [3.05, 3.63) is 72.3 Å². The van der Waals surface area contributed by atoms with Crippen LogP contribution >= 0.6 is 0 Å². The van der Waals surface area contributed by atoms with Crippen molar-refractivity contribution in [3.63, 3.8) is 0 Å². The third kappa shape index (κ3) is 2.00. The van der Waals surface area contributed by atoms with Crippen molar-refractivity contribution in [1.82, 2.24) is 4.98 Å². The lowest BCUT2D eigenvalue weighted by Crippen LogP contribution is -2.13. The number of carbonyl (C=O) groups excluding carboxylic acids is 1. The van der Waals surface area contributed by atoms with E-state index < -0.39 is 0 Å². The van der Waals surface area contributed by atoms with Gasteiger partial charge in [-0.05, 0) is 24.6 Å². The number of H-pyrrole nitrogens is 1. The maximum Gasteiger partial charge on any atom is 0.246 e. The van der Waals surface area contributed by atoms with Gasteiger partial charge in [0.1, 0.15) is 6.54 Å². The summed E-state index contributed by atoms with van der Waals surface area (Å²) in [5.74, 6) is -0.105. The van der Waals surface area contributed by atoms with Gasteiger partial charge in [0.05, 0.1) is 17.1 Å². The predicted octanol–water partition coefficient (Wildman–Crippen LogP) is 3.14. The average Bonchev–Trinajstić information content (AvgIpc) is 2.78. The Balaban J connectivity index is 1.99. The third-order valence-corrected chi connectivity index (χ3v) is 3.79. The molecular weight excluding hydrogens is 274 g/mol. The molecular formula is C18H14N3O. The summed E-state index contributed by atoms with van der Waals surface area (Å²) >= 11 is 0. The zero-order chi connectivity index (χ0) is 15.1. The van der Waals surface area contributed by atoms with Gasteiger partial charge in [-0.3, -0.25) is 9.79 Å². The number of hydrogen-bond donors (Lipinski definition) is 2. The van der Waals surface area contributed by atoms with Crippen molar-refractivity contribution in [3.8, 4) is 0 Å². The number of aromatic amines is 1. The second-order valence-electron chi connectivity index (χ2n) is 5.33. The highest BCUT2D eigenvalue weighted by Crippen LogP contribution is 2.31. The van der Waals surface area contributed by atoms with Crippen LogP contribution < -0.4 is 5.32 Å². The third-order valence-electron chi connectivity index (χ3n) is 3.79. The van der Waals surface area contributed by atoms with E-state index in [-0.39, 0.29) is 12.5 Å². The summed E-state index contributed by atoms with van der Waals surface area (Å²) in [6.45, 7) is 4.08. The summed E-state index contributed by atoms with van der Waals surface area (Å²) in [6.07, 6.45) is 0. The number of fused-ring (bicyclic) bond motifs is 3. The van der Waals surface area contributed by atoms with Crippen molar-refractivity contribution >= 4 is 28.2 Å².